The SMILES string of the molecule is COC(=O)[C@H](Cc1ccccc1Cl)NC(=O)c1cccc2cccnc12. The molecular weight excluding hydrogens is 352 g/mol. The topological polar surface area (TPSA) is 68.3 Å². The highest BCUT2D eigenvalue weighted by atomic mass is 35.5. The molecule has 2 aromatic carbocycles. The maximum absolute atomic E-state index is 12.8. The number of nitrogens with one attached hydrogen (secondary N) is 1. The summed E-state index contributed by atoms with van der Waals surface area (Å²) in [7, 11) is 1.29. The highest BCUT2D eigenvalue weighted by molar-refractivity contribution is 6.31. The molecule has 0 bridgehead atoms. The van der Waals surface area contributed by atoms with Crippen LogP contribution in [-0.4, -0.2) is 30.0 Å². The van der Waals surface area contributed by atoms with E-state index in [-0.39, 0.29) is 6.42 Å². The number of ether oxygens (including phenoxy) is 1. The number of carbonyl (C=O) groups excluding carboxylic acids is 2. The Morgan fingerprint density at radius 1 is 1.12 bits per heavy atom. The van der Waals surface area contributed by atoms with E-state index in [0.29, 0.717) is 16.1 Å². The number of amides is 1. The summed E-state index contributed by atoms with van der Waals surface area (Å²) in [6.07, 6.45) is 1.86. The fraction of sp³-hybridized carbons (Fsp3) is 0.150. The predicted molar refractivity (Wildman–Crippen MR) is 100 cm³/mol. The van der Waals surface area contributed by atoms with Crippen molar-refractivity contribution in [2.45, 2.75) is 12.5 Å². The van der Waals surface area contributed by atoms with Crippen LogP contribution < -0.4 is 5.32 Å². The Morgan fingerprint density at radius 3 is 2.65 bits per heavy atom. The summed E-state index contributed by atoms with van der Waals surface area (Å²) >= 11 is 6.17. The van der Waals surface area contributed by atoms with Gasteiger partial charge in [-0.1, -0.05) is 48.0 Å². The molecule has 26 heavy (non-hydrogen) atoms. The summed E-state index contributed by atoms with van der Waals surface area (Å²) in [5.74, 6) is -0.928. The zero-order valence-corrected chi connectivity index (χ0v) is 14.9. The third-order valence-corrected chi connectivity index (χ3v) is 4.42. The van der Waals surface area contributed by atoms with Crippen LogP contribution in [-0.2, 0) is 16.0 Å². The van der Waals surface area contributed by atoms with Crippen molar-refractivity contribution in [3.8, 4) is 0 Å². The first kappa shape index (κ1) is 17.9. The zero-order chi connectivity index (χ0) is 18.5. The van der Waals surface area contributed by atoms with Crippen molar-refractivity contribution in [3.63, 3.8) is 0 Å². The molecule has 1 amide bonds. The van der Waals surface area contributed by atoms with Crippen LogP contribution in [0.5, 0.6) is 0 Å². The lowest BCUT2D eigenvalue weighted by molar-refractivity contribution is -0.142. The molecule has 1 atom stereocenters. The summed E-state index contributed by atoms with van der Waals surface area (Å²) < 4.78 is 4.84. The number of methoxy groups -OCH3 is 1. The normalized spacial score (nSPS) is 11.8. The first-order chi connectivity index (χ1) is 12.6. The van der Waals surface area contributed by atoms with Gasteiger partial charge in [-0.15, -0.1) is 0 Å². The van der Waals surface area contributed by atoms with Crippen LogP contribution in [0.4, 0.5) is 0 Å². The molecule has 132 valence electrons. The summed E-state index contributed by atoms with van der Waals surface area (Å²) in [6.45, 7) is 0. The Labute approximate surface area is 156 Å². The lowest BCUT2D eigenvalue weighted by atomic mass is 10.0. The van der Waals surface area contributed by atoms with Crippen molar-refractivity contribution in [3.05, 3.63) is 76.9 Å². The molecule has 0 unspecified atom stereocenters. The van der Waals surface area contributed by atoms with E-state index >= 15 is 0 Å². The first-order valence-electron chi connectivity index (χ1n) is 8.06. The van der Waals surface area contributed by atoms with Crippen molar-refractivity contribution in [1.82, 2.24) is 10.3 Å². The van der Waals surface area contributed by atoms with Gasteiger partial charge in [0.1, 0.15) is 6.04 Å². The number of benzene rings is 2. The van der Waals surface area contributed by atoms with Gasteiger partial charge in [0, 0.05) is 23.0 Å². The zero-order valence-electron chi connectivity index (χ0n) is 14.1. The highest BCUT2D eigenvalue weighted by Gasteiger charge is 2.24. The van der Waals surface area contributed by atoms with Gasteiger partial charge in [0.25, 0.3) is 5.91 Å². The summed E-state index contributed by atoms with van der Waals surface area (Å²) in [5, 5.41) is 4.12. The second-order valence-electron chi connectivity index (χ2n) is 5.73. The summed E-state index contributed by atoms with van der Waals surface area (Å²) in [6, 6.07) is 15.3. The molecule has 1 heterocycles. The molecule has 3 rings (SSSR count). The van der Waals surface area contributed by atoms with Crippen molar-refractivity contribution < 1.29 is 14.3 Å². The van der Waals surface area contributed by atoms with Crippen LogP contribution in [0, 0.1) is 0 Å². The third kappa shape index (κ3) is 3.83. The molecule has 0 saturated heterocycles. The van der Waals surface area contributed by atoms with Crippen LogP contribution in [0.1, 0.15) is 15.9 Å². The Kier molecular flexibility index (Phi) is 5.49. The third-order valence-electron chi connectivity index (χ3n) is 4.05. The minimum absolute atomic E-state index is 0.232. The average molecular weight is 369 g/mol. The van der Waals surface area contributed by atoms with Crippen molar-refractivity contribution >= 4 is 34.4 Å². The second kappa shape index (κ2) is 7.97. The van der Waals surface area contributed by atoms with Crippen LogP contribution in [0.15, 0.2) is 60.8 Å². The molecule has 6 heteroatoms. The molecule has 0 radical (unpaired) electrons. The molecule has 0 aliphatic rings. The van der Waals surface area contributed by atoms with E-state index < -0.39 is 17.9 Å². The number of aromatic nitrogens is 1. The molecule has 0 spiro atoms. The lowest BCUT2D eigenvalue weighted by Crippen LogP contribution is -2.43. The number of esters is 1. The average Bonchev–Trinajstić information content (AvgIpc) is 2.67. The maximum atomic E-state index is 12.8. The molecule has 1 aromatic heterocycles. The number of halogens is 1. The van der Waals surface area contributed by atoms with Gasteiger partial charge in [-0.2, -0.15) is 0 Å². The molecule has 5 nitrogen and oxygen atoms in total. The van der Waals surface area contributed by atoms with Crippen molar-refractivity contribution in [2.75, 3.05) is 7.11 Å². The van der Waals surface area contributed by atoms with E-state index in [1.54, 1.807) is 36.5 Å². The summed E-state index contributed by atoms with van der Waals surface area (Å²) in [4.78, 5) is 29.2. The van der Waals surface area contributed by atoms with Gasteiger partial charge in [0.15, 0.2) is 0 Å². The number of carbonyl (C=O) groups is 2. The maximum Gasteiger partial charge on any atom is 0.328 e. The largest absolute Gasteiger partial charge is 0.467 e. The standard InChI is InChI=1S/C20H17ClN2O3/c1-26-20(25)17(12-14-6-2-3-10-16(14)21)23-19(24)15-9-4-7-13-8-5-11-22-18(13)15/h2-11,17H,12H2,1H3,(H,23,24)/t17-/m0/s1. The first-order valence-corrected chi connectivity index (χ1v) is 8.44. The van der Waals surface area contributed by atoms with Crippen LogP contribution in [0.3, 0.4) is 0 Å². The van der Waals surface area contributed by atoms with Crippen molar-refractivity contribution in [1.29, 1.82) is 0 Å². The van der Waals surface area contributed by atoms with Crippen LogP contribution in [0.25, 0.3) is 10.9 Å². The molecular formula is C20H17ClN2O3. The lowest BCUT2D eigenvalue weighted by Gasteiger charge is -2.17. The number of para-hydroxylation sites is 1. The van der Waals surface area contributed by atoms with Crippen molar-refractivity contribution in [2.24, 2.45) is 0 Å². The monoisotopic (exact) mass is 368 g/mol. The second-order valence-corrected chi connectivity index (χ2v) is 6.13. The summed E-state index contributed by atoms with van der Waals surface area (Å²) in [5.41, 5.74) is 1.73. The number of hydrogen-bond acceptors (Lipinski definition) is 4. The van der Waals surface area contributed by atoms with E-state index in [4.69, 9.17) is 16.3 Å². The van der Waals surface area contributed by atoms with E-state index in [1.807, 2.05) is 24.3 Å². The Bertz CT molecular complexity index is 953. The van der Waals surface area contributed by atoms with Gasteiger partial charge in [0.2, 0.25) is 0 Å². The fourth-order valence-corrected chi connectivity index (χ4v) is 2.96. The molecule has 0 aliphatic carbocycles. The van der Waals surface area contributed by atoms with E-state index in [2.05, 4.69) is 10.3 Å². The Morgan fingerprint density at radius 2 is 1.88 bits per heavy atom. The smallest absolute Gasteiger partial charge is 0.328 e. The number of pyridine rings is 1. The van der Waals surface area contributed by atoms with Crippen LogP contribution >= 0.6 is 11.6 Å². The van der Waals surface area contributed by atoms with Gasteiger partial charge < -0.3 is 10.1 Å². The Hall–Kier alpha value is -2.92. The van der Waals surface area contributed by atoms with E-state index in [1.165, 1.54) is 7.11 Å². The molecule has 0 saturated carbocycles. The molecule has 3 aromatic rings. The number of hydrogen-bond donors (Lipinski definition) is 1. The van der Waals surface area contributed by atoms with Gasteiger partial charge in [-0.25, -0.2) is 4.79 Å². The Balaban J connectivity index is 1.88. The minimum atomic E-state index is -0.855. The van der Waals surface area contributed by atoms with Gasteiger partial charge in [-0.3, -0.25) is 9.78 Å². The number of rotatable bonds is 5. The molecule has 0 fully saturated rings. The highest BCUT2D eigenvalue weighted by Crippen LogP contribution is 2.19. The minimum Gasteiger partial charge on any atom is -0.467 e. The van der Waals surface area contributed by atoms with E-state index in [9.17, 15) is 9.59 Å². The number of fused-ring (bicyclic) bond motifs is 1. The van der Waals surface area contributed by atoms with Gasteiger partial charge in [-0.05, 0) is 23.8 Å². The quantitative estimate of drug-likeness (QED) is 0.701. The predicted octanol–water partition coefficient (Wildman–Crippen LogP) is 3.40. The van der Waals surface area contributed by atoms with E-state index in [0.717, 1.165) is 10.9 Å². The van der Waals surface area contributed by atoms with Gasteiger partial charge in [0.05, 0.1) is 18.2 Å². The molecule has 1 N–H and O–H groups in total. The van der Waals surface area contributed by atoms with Crippen LogP contribution in [0.2, 0.25) is 5.02 Å². The van der Waals surface area contributed by atoms with Gasteiger partial charge >= 0.3 is 5.97 Å². The molecule has 0 aliphatic heterocycles. The fourth-order valence-electron chi connectivity index (χ4n) is 2.74. The number of nitrogens with zero attached hydrogens (tertiary/aromatic N) is 1.